The van der Waals surface area contributed by atoms with Gasteiger partial charge in [-0.05, 0) is 12.8 Å². The number of ether oxygens (including phenoxy) is 2. The van der Waals surface area contributed by atoms with Crippen LogP contribution in [-0.4, -0.2) is 51.3 Å². The minimum Gasteiger partial charge on any atom is -0.383 e. The minimum absolute atomic E-state index is 0.503. The van der Waals surface area contributed by atoms with E-state index < -0.39 is 0 Å². The molecule has 0 spiro atoms. The van der Waals surface area contributed by atoms with Gasteiger partial charge in [0.1, 0.15) is 0 Å². The van der Waals surface area contributed by atoms with Crippen molar-refractivity contribution in [3.63, 3.8) is 0 Å². The van der Waals surface area contributed by atoms with Crippen molar-refractivity contribution < 1.29 is 9.47 Å². The van der Waals surface area contributed by atoms with Crippen molar-refractivity contribution in [3.05, 3.63) is 0 Å². The SMILES string of the molecule is COCCN(CCOC)C(=N)C1CC1. The maximum absolute atomic E-state index is 7.93. The van der Waals surface area contributed by atoms with E-state index in [9.17, 15) is 0 Å². The number of hydrogen-bond acceptors (Lipinski definition) is 3. The monoisotopic (exact) mass is 200 g/mol. The van der Waals surface area contributed by atoms with Crippen LogP contribution in [0.5, 0.6) is 0 Å². The fourth-order valence-electron chi connectivity index (χ4n) is 1.37. The lowest BCUT2D eigenvalue weighted by Crippen LogP contribution is -2.37. The third-order valence-electron chi connectivity index (χ3n) is 2.44. The Bertz CT molecular complexity index is 173. The molecule has 4 heteroatoms. The Morgan fingerprint density at radius 1 is 1.21 bits per heavy atom. The molecule has 1 aliphatic carbocycles. The van der Waals surface area contributed by atoms with Gasteiger partial charge in [0.2, 0.25) is 0 Å². The highest BCUT2D eigenvalue weighted by Crippen LogP contribution is 2.31. The molecule has 0 aromatic rings. The fourth-order valence-corrected chi connectivity index (χ4v) is 1.37. The van der Waals surface area contributed by atoms with Crippen LogP contribution in [0.2, 0.25) is 0 Å². The van der Waals surface area contributed by atoms with Crippen LogP contribution in [0.3, 0.4) is 0 Å². The number of rotatable bonds is 7. The van der Waals surface area contributed by atoms with Gasteiger partial charge in [0.05, 0.1) is 19.0 Å². The van der Waals surface area contributed by atoms with E-state index >= 15 is 0 Å². The largest absolute Gasteiger partial charge is 0.383 e. The first-order valence-corrected chi connectivity index (χ1v) is 5.11. The third kappa shape index (κ3) is 3.64. The van der Waals surface area contributed by atoms with Gasteiger partial charge in [0.25, 0.3) is 0 Å². The summed E-state index contributed by atoms with van der Waals surface area (Å²) in [5.74, 6) is 1.27. The molecule has 0 heterocycles. The lowest BCUT2D eigenvalue weighted by atomic mass is 10.3. The number of hydrogen-bond donors (Lipinski definition) is 1. The number of nitrogens with one attached hydrogen (secondary N) is 1. The summed E-state index contributed by atoms with van der Waals surface area (Å²) in [5, 5.41) is 7.93. The second-order valence-corrected chi connectivity index (χ2v) is 3.63. The Morgan fingerprint density at radius 3 is 2.07 bits per heavy atom. The molecular formula is C10H20N2O2. The highest BCUT2D eigenvalue weighted by atomic mass is 16.5. The van der Waals surface area contributed by atoms with Crippen molar-refractivity contribution in [1.82, 2.24) is 4.90 Å². The molecule has 0 unspecified atom stereocenters. The Morgan fingerprint density at radius 2 is 1.71 bits per heavy atom. The van der Waals surface area contributed by atoms with E-state index in [2.05, 4.69) is 4.90 Å². The van der Waals surface area contributed by atoms with E-state index in [4.69, 9.17) is 14.9 Å². The van der Waals surface area contributed by atoms with Crippen molar-refractivity contribution in [3.8, 4) is 0 Å². The zero-order chi connectivity index (χ0) is 10.4. The van der Waals surface area contributed by atoms with Crippen LogP contribution in [0, 0.1) is 11.3 Å². The van der Waals surface area contributed by atoms with Crippen LogP contribution in [0.4, 0.5) is 0 Å². The summed E-state index contributed by atoms with van der Waals surface area (Å²) in [7, 11) is 3.38. The standard InChI is InChI=1S/C10H20N2O2/c1-13-7-5-12(6-8-14-2)10(11)9-3-4-9/h9,11H,3-8H2,1-2H3. The molecule has 1 N–H and O–H groups in total. The summed E-state index contributed by atoms with van der Waals surface area (Å²) in [5.41, 5.74) is 0. The summed E-state index contributed by atoms with van der Waals surface area (Å²) in [6.07, 6.45) is 2.35. The van der Waals surface area contributed by atoms with Crippen molar-refractivity contribution in [2.45, 2.75) is 12.8 Å². The van der Waals surface area contributed by atoms with Gasteiger partial charge in [0.15, 0.2) is 0 Å². The fraction of sp³-hybridized carbons (Fsp3) is 0.900. The van der Waals surface area contributed by atoms with Crippen molar-refractivity contribution in [1.29, 1.82) is 5.41 Å². The molecule has 1 fully saturated rings. The van der Waals surface area contributed by atoms with Gasteiger partial charge in [-0.3, -0.25) is 5.41 Å². The Labute approximate surface area is 85.7 Å². The zero-order valence-electron chi connectivity index (χ0n) is 9.08. The van der Waals surface area contributed by atoms with E-state index in [0.29, 0.717) is 19.1 Å². The molecule has 0 saturated heterocycles. The Balaban J connectivity index is 2.29. The second kappa shape index (κ2) is 5.98. The molecule has 0 aromatic carbocycles. The zero-order valence-corrected chi connectivity index (χ0v) is 9.08. The van der Waals surface area contributed by atoms with Crippen LogP contribution < -0.4 is 0 Å². The normalized spacial score (nSPS) is 15.6. The molecule has 0 aliphatic heterocycles. The van der Waals surface area contributed by atoms with E-state index in [1.165, 1.54) is 12.8 Å². The number of amidine groups is 1. The molecule has 14 heavy (non-hydrogen) atoms. The first kappa shape index (κ1) is 11.5. The van der Waals surface area contributed by atoms with E-state index in [0.717, 1.165) is 18.9 Å². The van der Waals surface area contributed by atoms with Crippen molar-refractivity contribution in [2.75, 3.05) is 40.5 Å². The van der Waals surface area contributed by atoms with E-state index in [1.54, 1.807) is 14.2 Å². The van der Waals surface area contributed by atoms with Crippen LogP contribution in [0.1, 0.15) is 12.8 Å². The van der Waals surface area contributed by atoms with Gasteiger partial charge in [-0.15, -0.1) is 0 Å². The molecular weight excluding hydrogens is 180 g/mol. The van der Waals surface area contributed by atoms with Gasteiger partial charge in [-0.25, -0.2) is 0 Å². The molecule has 0 amide bonds. The number of methoxy groups -OCH3 is 2. The second-order valence-electron chi connectivity index (χ2n) is 3.63. The molecule has 1 saturated carbocycles. The lowest BCUT2D eigenvalue weighted by molar-refractivity contribution is 0.144. The average Bonchev–Trinajstić information content (AvgIpc) is 3.00. The first-order chi connectivity index (χ1) is 6.79. The summed E-state index contributed by atoms with van der Waals surface area (Å²) in [4.78, 5) is 2.06. The summed E-state index contributed by atoms with van der Waals surface area (Å²) < 4.78 is 10.0. The van der Waals surface area contributed by atoms with Crippen LogP contribution >= 0.6 is 0 Å². The smallest absolute Gasteiger partial charge is 0.0991 e. The van der Waals surface area contributed by atoms with E-state index in [1.807, 2.05) is 0 Å². The van der Waals surface area contributed by atoms with Crippen LogP contribution in [-0.2, 0) is 9.47 Å². The Hall–Kier alpha value is -0.610. The predicted octanol–water partition coefficient (Wildman–Crippen LogP) is 0.968. The minimum atomic E-state index is 0.503. The maximum atomic E-state index is 7.93. The molecule has 0 atom stereocenters. The summed E-state index contributed by atoms with van der Waals surface area (Å²) >= 11 is 0. The highest BCUT2D eigenvalue weighted by Gasteiger charge is 2.29. The summed E-state index contributed by atoms with van der Waals surface area (Å²) in [6.45, 7) is 2.96. The molecule has 1 aliphatic rings. The van der Waals surface area contributed by atoms with Gasteiger partial charge in [-0.2, -0.15) is 0 Å². The molecule has 0 bridgehead atoms. The van der Waals surface area contributed by atoms with Gasteiger partial charge < -0.3 is 14.4 Å². The molecule has 1 rings (SSSR count). The van der Waals surface area contributed by atoms with Crippen LogP contribution in [0.25, 0.3) is 0 Å². The van der Waals surface area contributed by atoms with Crippen LogP contribution in [0.15, 0.2) is 0 Å². The average molecular weight is 200 g/mol. The molecule has 0 aromatic heterocycles. The predicted molar refractivity (Wildman–Crippen MR) is 55.8 cm³/mol. The third-order valence-corrected chi connectivity index (χ3v) is 2.44. The highest BCUT2D eigenvalue weighted by molar-refractivity contribution is 5.83. The van der Waals surface area contributed by atoms with Crippen molar-refractivity contribution in [2.24, 2.45) is 5.92 Å². The van der Waals surface area contributed by atoms with Gasteiger partial charge in [0, 0.05) is 33.2 Å². The molecule has 4 nitrogen and oxygen atoms in total. The molecule has 0 radical (unpaired) electrons. The van der Waals surface area contributed by atoms with Crippen molar-refractivity contribution >= 4 is 5.84 Å². The van der Waals surface area contributed by atoms with Gasteiger partial charge >= 0.3 is 0 Å². The molecule has 82 valence electrons. The Kier molecular flexibility index (Phi) is 4.90. The maximum Gasteiger partial charge on any atom is 0.0991 e. The number of nitrogens with zero attached hydrogens (tertiary/aromatic N) is 1. The lowest BCUT2D eigenvalue weighted by Gasteiger charge is -2.24. The quantitative estimate of drug-likeness (QED) is 0.492. The topological polar surface area (TPSA) is 45.6 Å². The summed E-state index contributed by atoms with van der Waals surface area (Å²) in [6, 6.07) is 0. The first-order valence-electron chi connectivity index (χ1n) is 5.11. The van der Waals surface area contributed by atoms with Gasteiger partial charge in [-0.1, -0.05) is 0 Å². The van der Waals surface area contributed by atoms with E-state index in [-0.39, 0.29) is 0 Å².